The molecular weight excluding hydrogens is 116 g/mol. The van der Waals surface area contributed by atoms with Gasteiger partial charge in [0.05, 0.1) is 0 Å². The maximum absolute atomic E-state index is 2.31. The second-order valence-corrected chi connectivity index (χ2v) is 2.34. The van der Waals surface area contributed by atoms with Crippen molar-refractivity contribution >= 4 is 13.5 Å². The van der Waals surface area contributed by atoms with Gasteiger partial charge in [0, 0.05) is 0 Å². The molecule has 0 aromatic heterocycles. The van der Waals surface area contributed by atoms with Crippen molar-refractivity contribution in [3.63, 3.8) is 0 Å². The van der Waals surface area contributed by atoms with Gasteiger partial charge in [0.25, 0.3) is 0 Å². The van der Waals surface area contributed by atoms with E-state index in [1.807, 2.05) is 0 Å². The summed E-state index contributed by atoms with van der Waals surface area (Å²) in [6.07, 6.45) is 8.70. The SMILES string of the molecule is CC1C=CCCC1.S. The van der Waals surface area contributed by atoms with Gasteiger partial charge in [0.15, 0.2) is 0 Å². The first-order valence-corrected chi connectivity index (χ1v) is 3.06. The minimum atomic E-state index is 0. The Morgan fingerprint density at radius 2 is 2.25 bits per heavy atom. The van der Waals surface area contributed by atoms with Crippen LogP contribution in [-0.4, -0.2) is 0 Å². The zero-order valence-corrected chi connectivity index (χ0v) is 6.35. The molecule has 0 spiro atoms. The Kier molecular flexibility index (Phi) is 4.06. The third-order valence-electron chi connectivity index (χ3n) is 1.49. The minimum Gasteiger partial charge on any atom is -0.197 e. The molecule has 1 unspecified atom stereocenters. The van der Waals surface area contributed by atoms with Crippen molar-refractivity contribution in [3.05, 3.63) is 12.2 Å². The van der Waals surface area contributed by atoms with Crippen molar-refractivity contribution in [2.45, 2.75) is 26.2 Å². The first kappa shape index (κ1) is 8.09. The molecule has 1 atom stereocenters. The quantitative estimate of drug-likeness (QED) is 0.442. The molecule has 1 aliphatic rings. The Morgan fingerprint density at radius 1 is 1.50 bits per heavy atom. The van der Waals surface area contributed by atoms with Crippen LogP contribution in [0.2, 0.25) is 0 Å². The van der Waals surface area contributed by atoms with E-state index in [1.165, 1.54) is 19.3 Å². The summed E-state index contributed by atoms with van der Waals surface area (Å²) in [7, 11) is 0. The van der Waals surface area contributed by atoms with E-state index >= 15 is 0 Å². The van der Waals surface area contributed by atoms with Crippen LogP contribution in [0.1, 0.15) is 26.2 Å². The highest BCUT2D eigenvalue weighted by molar-refractivity contribution is 7.59. The maximum atomic E-state index is 2.31. The van der Waals surface area contributed by atoms with Crippen molar-refractivity contribution in [2.24, 2.45) is 5.92 Å². The second-order valence-electron chi connectivity index (χ2n) is 2.34. The van der Waals surface area contributed by atoms with Gasteiger partial charge in [-0.15, -0.1) is 0 Å². The molecule has 0 heterocycles. The van der Waals surface area contributed by atoms with Crippen molar-refractivity contribution in [1.29, 1.82) is 0 Å². The number of allylic oxidation sites excluding steroid dienone is 2. The van der Waals surface area contributed by atoms with Gasteiger partial charge in [0.1, 0.15) is 0 Å². The third-order valence-corrected chi connectivity index (χ3v) is 1.49. The molecule has 0 fully saturated rings. The van der Waals surface area contributed by atoms with Crippen molar-refractivity contribution in [1.82, 2.24) is 0 Å². The molecule has 0 bridgehead atoms. The number of hydrogen-bond acceptors (Lipinski definition) is 0. The highest BCUT2D eigenvalue weighted by Gasteiger charge is 1.98. The predicted octanol–water partition coefficient (Wildman–Crippen LogP) is 2.48. The maximum Gasteiger partial charge on any atom is -0.0262 e. The third kappa shape index (κ3) is 2.41. The fraction of sp³-hybridized carbons (Fsp3) is 0.714. The normalized spacial score (nSPS) is 26.9. The Morgan fingerprint density at radius 3 is 2.50 bits per heavy atom. The summed E-state index contributed by atoms with van der Waals surface area (Å²) in [5.74, 6) is 0.855. The van der Waals surface area contributed by atoms with E-state index in [0.29, 0.717) is 0 Å². The van der Waals surface area contributed by atoms with Crippen LogP contribution in [0, 0.1) is 5.92 Å². The molecule has 0 saturated carbocycles. The lowest BCUT2D eigenvalue weighted by Crippen LogP contribution is -1.92. The summed E-state index contributed by atoms with van der Waals surface area (Å²) in [6.45, 7) is 2.27. The average molecular weight is 130 g/mol. The molecule has 0 nitrogen and oxygen atoms in total. The van der Waals surface area contributed by atoms with Gasteiger partial charge < -0.3 is 0 Å². The molecule has 0 aromatic carbocycles. The van der Waals surface area contributed by atoms with Crippen LogP contribution in [0.5, 0.6) is 0 Å². The van der Waals surface area contributed by atoms with Crippen molar-refractivity contribution < 1.29 is 0 Å². The smallest absolute Gasteiger partial charge is 0.0262 e. The van der Waals surface area contributed by atoms with Gasteiger partial charge in [-0.1, -0.05) is 19.1 Å². The average Bonchev–Trinajstić information content (AvgIpc) is 1.69. The first-order valence-electron chi connectivity index (χ1n) is 3.06. The molecule has 0 saturated heterocycles. The number of hydrogen-bond donors (Lipinski definition) is 0. The van der Waals surface area contributed by atoms with E-state index in [2.05, 4.69) is 19.1 Å². The van der Waals surface area contributed by atoms with Crippen LogP contribution in [-0.2, 0) is 0 Å². The standard InChI is InChI=1S/C7H12.H2S/c1-7-5-3-2-4-6-7;/h3,5,7H,2,4,6H2,1H3;1H2. The summed E-state index contributed by atoms with van der Waals surface area (Å²) in [6, 6.07) is 0. The van der Waals surface area contributed by atoms with E-state index < -0.39 is 0 Å². The summed E-state index contributed by atoms with van der Waals surface area (Å²) in [4.78, 5) is 0. The zero-order chi connectivity index (χ0) is 5.11. The van der Waals surface area contributed by atoms with Gasteiger partial charge in [-0.2, -0.15) is 13.5 Å². The van der Waals surface area contributed by atoms with Crippen LogP contribution >= 0.6 is 13.5 Å². The lowest BCUT2D eigenvalue weighted by Gasteiger charge is -2.08. The Hall–Kier alpha value is 0.0900. The largest absolute Gasteiger partial charge is 0.197 e. The Balaban J connectivity index is 0.000000490. The summed E-state index contributed by atoms with van der Waals surface area (Å²) >= 11 is 0. The van der Waals surface area contributed by atoms with E-state index in [9.17, 15) is 0 Å². The van der Waals surface area contributed by atoms with Gasteiger partial charge in [-0.25, -0.2) is 0 Å². The van der Waals surface area contributed by atoms with Crippen molar-refractivity contribution in [3.8, 4) is 0 Å². The molecule has 0 amide bonds. The molecule has 1 rings (SSSR count). The molecule has 0 N–H and O–H groups in total. The summed E-state index contributed by atoms with van der Waals surface area (Å²) < 4.78 is 0. The van der Waals surface area contributed by atoms with E-state index in [0.717, 1.165) is 5.92 Å². The van der Waals surface area contributed by atoms with Crippen LogP contribution in [0.4, 0.5) is 0 Å². The molecule has 0 radical (unpaired) electrons. The molecule has 0 aliphatic heterocycles. The lowest BCUT2D eigenvalue weighted by molar-refractivity contribution is 0.584. The fourth-order valence-electron chi connectivity index (χ4n) is 0.982. The Bertz CT molecular complexity index is 76.5. The molecule has 0 aromatic rings. The van der Waals surface area contributed by atoms with Crippen LogP contribution in [0.15, 0.2) is 12.2 Å². The second kappa shape index (κ2) is 4.02. The van der Waals surface area contributed by atoms with E-state index in [4.69, 9.17) is 0 Å². The summed E-state index contributed by atoms with van der Waals surface area (Å²) in [5, 5.41) is 0. The van der Waals surface area contributed by atoms with E-state index in [1.54, 1.807) is 0 Å². The fourth-order valence-corrected chi connectivity index (χ4v) is 0.982. The number of rotatable bonds is 0. The molecular formula is C7H14S. The van der Waals surface area contributed by atoms with Crippen LogP contribution < -0.4 is 0 Å². The highest BCUT2D eigenvalue weighted by atomic mass is 32.1. The van der Waals surface area contributed by atoms with E-state index in [-0.39, 0.29) is 13.5 Å². The minimum absolute atomic E-state index is 0. The monoisotopic (exact) mass is 130 g/mol. The van der Waals surface area contributed by atoms with Crippen LogP contribution in [0.25, 0.3) is 0 Å². The molecule has 48 valence electrons. The molecule has 1 aliphatic carbocycles. The van der Waals surface area contributed by atoms with Gasteiger partial charge >= 0.3 is 0 Å². The van der Waals surface area contributed by atoms with Gasteiger partial charge in [0.2, 0.25) is 0 Å². The summed E-state index contributed by atoms with van der Waals surface area (Å²) in [5.41, 5.74) is 0. The predicted molar refractivity (Wildman–Crippen MR) is 42.5 cm³/mol. The lowest BCUT2D eigenvalue weighted by atomic mass is 9.98. The zero-order valence-electron chi connectivity index (χ0n) is 5.35. The Labute approximate surface area is 58.4 Å². The van der Waals surface area contributed by atoms with Gasteiger partial charge in [-0.3, -0.25) is 0 Å². The topological polar surface area (TPSA) is 0 Å². The molecule has 8 heavy (non-hydrogen) atoms. The highest BCUT2D eigenvalue weighted by Crippen LogP contribution is 2.14. The first-order chi connectivity index (χ1) is 3.39. The van der Waals surface area contributed by atoms with Gasteiger partial charge in [-0.05, 0) is 25.2 Å². The van der Waals surface area contributed by atoms with Crippen LogP contribution in [0.3, 0.4) is 0 Å². The molecule has 1 heteroatoms. The van der Waals surface area contributed by atoms with Crippen molar-refractivity contribution in [2.75, 3.05) is 0 Å².